The maximum atomic E-state index is 10.8. The summed E-state index contributed by atoms with van der Waals surface area (Å²) in [5.74, 6) is -1.66. The van der Waals surface area contributed by atoms with Crippen molar-refractivity contribution in [2.24, 2.45) is 17.2 Å². The number of ketones is 1. The van der Waals surface area contributed by atoms with Crippen molar-refractivity contribution >= 4 is 11.7 Å². The number of primary amides is 1. The Labute approximate surface area is 71.3 Å². The highest BCUT2D eigenvalue weighted by molar-refractivity contribution is 6.37. The molecule has 1 amide bonds. The molecule has 0 saturated heterocycles. The zero-order valence-electron chi connectivity index (χ0n) is 6.95. The first-order valence-electron chi connectivity index (χ1n) is 3.89. The molecule has 12 heavy (non-hydrogen) atoms. The van der Waals surface area contributed by atoms with Crippen molar-refractivity contribution in [3.05, 3.63) is 0 Å². The second kappa shape index (κ2) is 5.68. The monoisotopic (exact) mass is 173 g/mol. The molecule has 0 bridgehead atoms. The van der Waals surface area contributed by atoms with Gasteiger partial charge in [-0.15, -0.1) is 0 Å². The summed E-state index contributed by atoms with van der Waals surface area (Å²) in [7, 11) is 0. The minimum absolute atomic E-state index is 0.471. The summed E-state index contributed by atoms with van der Waals surface area (Å²) in [6.07, 6.45) is 2.02. The summed E-state index contributed by atoms with van der Waals surface area (Å²) in [5, 5.41) is 0. The smallest absolute Gasteiger partial charge is 0.286 e. The Morgan fingerprint density at radius 2 is 1.83 bits per heavy atom. The van der Waals surface area contributed by atoms with Crippen molar-refractivity contribution in [1.29, 1.82) is 0 Å². The fraction of sp³-hybridized carbons (Fsp3) is 0.714. The lowest BCUT2D eigenvalue weighted by Crippen LogP contribution is -2.39. The van der Waals surface area contributed by atoms with Gasteiger partial charge in [0.15, 0.2) is 0 Å². The molecule has 0 aliphatic heterocycles. The van der Waals surface area contributed by atoms with Gasteiger partial charge in [0.25, 0.3) is 5.91 Å². The molecular weight excluding hydrogens is 158 g/mol. The van der Waals surface area contributed by atoms with E-state index >= 15 is 0 Å². The summed E-state index contributed by atoms with van der Waals surface area (Å²) in [5.41, 5.74) is 15.3. The average Bonchev–Trinajstić information content (AvgIpc) is 2.03. The van der Waals surface area contributed by atoms with Crippen LogP contribution in [0.15, 0.2) is 0 Å². The van der Waals surface area contributed by atoms with Gasteiger partial charge in [0.2, 0.25) is 5.78 Å². The number of unbranched alkanes of at least 4 members (excludes halogenated alkanes) is 1. The van der Waals surface area contributed by atoms with E-state index in [2.05, 4.69) is 0 Å². The zero-order chi connectivity index (χ0) is 9.56. The van der Waals surface area contributed by atoms with E-state index in [-0.39, 0.29) is 0 Å². The van der Waals surface area contributed by atoms with Gasteiger partial charge < -0.3 is 17.2 Å². The molecule has 0 aromatic carbocycles. The molecule has 0 radical (unpaired) electrons. The molecule has 5 heteroatoms. The fourth-order valence-corrected chi connectivity index (χ4v) is 0.822. The maximum absolute atomic E-state index is 10.8. The van der Waals surface area contributed by atoms with Crippen LogP contribution in [0.4, 0.5) is 0 Å². The second-order valence-electron chi connectivity index (χ2n) is 2.62. The Hall–Kier alpha value is -0.940. The number of nitrogens with two attached hydrogens (primary N) is 3. The highest BCUT2D eigenvalue weighted by Gasteiger charge is 2.17. The van der Waals surface area contributed by atoms with E-state index < -0.39 is 17.7 Å². The summed E-state index contributed by atoms with van der Waals surface area (Å²) in [6, 6.07) is -0.756. The summed E-state index contributed by atoms with van der Waals surface area (Å²) in [6.45, 7) is 0.567. The van der Waals surface area contributed by atoms with Crippen LogP contribution in [0.1, 0.15) is 19.3 Å². The number of amides is 1. The van der Waals surface area contributed by atoms with Crippen molar-refractivity contribution in [3.8, 4) is 0 Å². The van der Waals surface area contributed by atoms with E-state index in [1.54, 1.807) is 0 Å². The molecule has 6 N–H and O–H groups in total. The molecule has 0 aliphatic rings. The van der Waals surface area contributed by atoms with Gasteiger partial charge in [-0.1, -0.05) is 6.42 Å². The van der Waals surface area contributed by atoms with Crippen molar-refractivity contribution in [3.63, 3.8) is 0 Å². The number of carbonyl (C=O) groups is 2. The van der Waals surface area contributed by atoms with Gasteiger partial charge in [0.05, 0.1) is 6.04 Å². The second-order valence-corrected chi connectivity index (χ2v) is 2.62. The molecule has 0 fully saturated rings. The van der Waals surface area contributed by atoms with Gasteiger partial charge in [0.1, 0.15) is 0 Å². The van der Waals surface area contributed by atoms with E-state index in [1.807, 2.05) is 0 Å². The number of hydrogen-bond acceptors (Lipinski definition) is 4. The van der Waals surface area contributed by atoms with E-state index in [9.17, 15) is 9.59 Å². The minimum atomic E-state index is -0.963. The third kappa shape index (κ3) is 4.05. The number of carbonyl (C=O) groups excluding carboxylic acids is 2. The molecule has 70 valence electrons. The van der Waals surface area contributed by atoms with Gasteiger partial charge in [-0.3, -0.25) is 9.59 Å². The third-order valence-electron chi connectivity index (χ3n) is 1.55. The van der Waals surface area contributed by atoms with Gasteiger partial charge in [0, 0.05) is 0 Å². The minimum Gasteiger partial charge on any atom is -0.363 e. The van der Waals surface area contributed by atoms with E-state index in [4.69, 9.17) is 17.2 Å². The lowest BCUT2D eigenvalue weighted by atomic mass is 10.1. The molecule has 0 heterocycles. The van der Waals surface area contributed by atoms with E-state index in [1.165, 1.54) is 0 Å². The van der Waals surface area contributed by atoms with Crippen LogP contribution in [-0.4, -0.2) is 24.3 Å². The lowest BCUT2D eigenvalue weighted by molar-refractivity contribution is -0.136. The molecule has 0 aliphatic carbocycles. The van der Waals surface area contributed by atoms with Crippen LogP contribution in [0.25, 0.3) is 0 Å². The van der Waals surface area contributed by atoms with Crippen molar-refractivity contribution in [2.75, 3.05) is 6.54 Å². The highest BCUT2D eigenvalue weighted by atomic mass is 16.2. The highest BCUT2D eigenvalue weighted by Crippen LogP contribution is 1.98. The number of Topliss-reactive ketones (excluding diaryl/α,β-unsaturated/α-hetero) is 1. The van der Waals surface area contributed by atoms with E-state index in [0.717, 1.165) is 12.8 Å². The van der Waals surface area contributed by atoms with Crippen molar-refractivity contribution in [1.82, 2.24) is 0 Å². The van der Waals surface area contributed by atoms with Crippen molar-refractivity contribution in [2.45, 2.75) is 25.3 Å². The summed E-state index contributed by atoms with van der Waals surface area (Å²) >= 11 is 0. The normalized spacial score (nSPS) is 12.5. The Balaban J connectivity index is 3.64. The lowest BCUT2D eigenvalue weighted by Gasteiger charge is -2.06. The predicted octanol–water partition coefficient (Wildman–Crippen LogP) is -1.50. The SMILES string of the molecule is NCCCC[C@H](N)C(=O)C(N)=O. The molecule has 0 aromatic rings. The molecular formula is C7H15N3O2. The summed E-state index contributed by atoms with van der Waals surface area (Å²) in [4.78, 5) is 21.1. The zero-order valence-corrected chi connectivity index (χ0v) is 6.95. The van der Waals surface area contributed by atoms with Crippen LogP contribution in [0.5, 0.6) is 0 Å². The number of rotatable bonds is 6. The molecule has 0 unspecified atom stereocenters. The quantitative estimate of drug-likeness (QED) is 0.335. The molecule has 0 aromatic heterocycles. The fourth-order valence-electron chi connectivity index (χ4n) is 0.822. The molecule has 0 rings (SSSR count). The Morgan fingerprint density at radius 1 is 1.25 bits per heavy atom. The largest absolute Gasteiger partial charge is 0.363 e. The van der Waals surface area contributed by atoms with Crippen LogP contribution in [0.2, 0.25) is 0 Å². The van der Waals surface area contributed by atoms with Crippen LogP contribution < -0.4 is 17.2 Å². The average molecular weight is 173 g/mol. The summed E-state index contributed by atoms with van der Waals surface area (Å²) < 4.78 is 0. The van der Waals surface area contributed by atoms with Gasteiger partial charge in [-0.25, -0.2) is 0 Å². The Bertz CT molecular complexity index is 170. The topological polar surface area (TPSA) is 112 Å². The maximum Gasteiger partial charge on any atom is 0.286 e. The molecule has 0 saturated carbocycles. The molecule has 5 nitrogen and oxygen atoms in total. The van der Waals surface area contributed by atoms with Gasteiger partial charge in [-0.05, 0) is 19.4 Å². The van der Waals surface area contributed by atoms with Gasteiger partial charge in [-0.2, -0.15) is 0 Å². The molecule has 0 spiro atoms. The first kappa shape index (κ1) is 11.1. The number of hydrogen-bond donors (Lipinski definition) is 3. The molecule has 1 atom stereocenters. The van der Waals surface area contributed by atoms with Crippen LogP contribution in [0, 0.1) is 0 Å². The van der Waals surface area contributed by atoms with Crippen LogP contribution in [0.3, 0.4) is 0 Å². The first-order chi connectivity index (χ1) is 5.59. The van der Waals surface area contributed by atoms with Crippen LogP contribution in [-0.2, 0) is 9.59 Å². The Morgan fingerprint density at radius 3 is 2.25 bits per heavy atom. The third-order valence-corrected chi connectivity index (χ3v) is 1.55. The predicted molar refractivity (Wildman–Crippen MR) is 45.1 cm³/mol. The first-order valence-corrected chi connectivity index (χ1v) is 3.89. The van der Waals surface area contributed by atoms with Crippen molar-refractivity contribution < 1.29 is 9.59 Å². The van der Waals surface area contributed by atoms with Crippen LogP contribution >= 0.6 is 0 Å². The van der Waals surface area contributed by atoms with E-state index in [0.29, 0.717) is 13.0 Å². The van der Waals surface area contributed by atoms with Gasteiger partial charge >= 0.3 is 0 Å². The Kier molecular flexibility index (Phi) is 5.23. The standard InChI is InChI=1S/C7H15N3O2/c8-4-2-1-3-5(9)6(11)7(10)12/h5H,1-4,8-9H2,(H2,10,12)/t5-/m0/s1.